The van der Waals surface area contributed by atoms with Gasteiger partial charge in [-0.3, -0.25) is 14.8 Å². The number of nitrogens with two attached hydrogens (primary N) is 1. The van der Waals surface area contributed by atoms with Crippen LogP contribution in [0.5, 0.6) is 0 Å². The number of aromatic carboxylic acids is 1. The molecule has 1 amide bonds. The molecule has 0 spiro atoms. The van der Waals surface area contributed by atoms with E-state index in [1.54, 1.807) is 67.5 Å². The predicted octanol–water partition coefficient (Wildman–Crippen LogP) is 8.21. The maximum Gasteiger partial charge on any atom is 0.335 e. The Morgan fingerprint density at radius 1 is 0.567 bits per heavy atom. The van der Waals surface area contributed by atoms with E-state index in [-0.39, 0.29) is 20.9 Å². The van der Waals surface area contributed by atoms with Gasteiger partial charge in [0.05, 0.1) is 26.7 Å². The maximum absolute atomic E-state index is 12.7. The number of nitrogen functional groups attached to an aromatic ring is 1. The molecule has 0 atom stereocenters. The summed E-state index contributed by atoms with van der Waals surface area (Å²) in [5, 5.41) is 17.8. The van der Waals surface area contributed by atoms with Gasteiger partial charge in [-0.15, -0.1) is 0 Å². The molecule has 0 radical (unpaired) electrons. The highest BCUT2D eigenvalue weighted by Gasteiger charge is 2.14. The number of benzene rings is 4. The van der Waals surface area contributed by atoms with E-state index in [4.69, 9.17) is 10.8 Å². The Morgan fingerprint density at radius 3 is 1.55 bits per heavy atom. The topological polar surface area (TPSA) is 262 Å². The average Bonchev–Trinajstić information content (AvgIpc) is 3.32. The summed E-state index contributed by atoms with van der Waals surface area (Å²) < 4.78 is 45.6. The van der Waals surface area contributed by atoms with Gasteiger partial charge in [-0.05, 0) is 122 Å². The van der Waals surface area contributed by atoms with Crippen molar-refractivity contribution in [1.29, 1.82) is 0 Å². The Hall–Kier alpha value is -8.42. The Bertz CT molecular complexity index is 3270. The summed E-state index contributed by atoms with van der Waals surface area (Å²) in [6.07, 6.45) is 12.5. The van der Waals surface area contributed by atoms with E-state index in [9.17, 15) is 26.4 Å². The number of nitrogens with zero attached hydrogens (tertiary/aromatic N) is 6. The van der Waals surface area contributed by atoms with Crippen LogP contribution in [0, 0.1) is 13.8 Å². The Labute approximate surface area is 387 Å². The predicted molar refractivity (Wildman–Crippen MR) is 258 cm³/mol. The summed E-state index contributed by atoms with van der Waals surface area (Å²) in [4.78, 5) is 49.1. The van der Waals surface area contributed by atoms with Crippen molar-refractivity contribution in [1.82, 2.24) is 29.9 Å². The van der Waals surface area contributed by atoms with Crippen LogP contribution in [0.2, 0.25) is 0 Å². The van der Waals surface area contributed by atoms with Crippen molar-refractivity contribution >= 4 is 66.2 Å². The fourth-order valence-corrected chi connectivity index (χ4v) is 7.30. The first kappa shape index (κ1) is 48.0. The second-order valence-electron chi connectivity index (χ2n) is 14.7. The maximum atomic E-state index is 12.7. The SMILES string of the molecule is CS(=O)(=O)c1cccc(C(=O)O)c1.Cc1ccc(N)cc1Nc1nccc(-c2cccnc2)n1.Cc1ccc(NC(=O)c2cccc(S(C)(=O)=O)c2)cc1Nc1nccc(-c2cccnc2)n1. The number of rotatable bonds is 11. The van der Waals surface area contributed by atoms with Gasteiger partial charge in [0.1, 0.15) is 0 Å². The third kappa shape index (κ3) is 13.8. The normalized spacial score (nSPS) is 10.9. The molecule has 0 aliphatic carbocycles. The zero-order chi connectivity index (χ0) is 48.1. The average molecular weight is 937 g/mol. The van der Waals surface area contributed by atoms with Gasteiger partial charge in [-0.1, -0.05) is 24.3 Å². The van der Waals surface area contributed by atoms with Crippen LogP contribution in [-0.2, 0) is 19.7 Å². The molecule has 0 bridgehead atoms. The van der Waals surface area contributed by atoms with Crippen molar-refractivity contribution in [2.75, 3.05) is 34.2 Å². The Balaban J connectivity index is 0.000000185. The van der Waals surface area contributed by atoms with Crippen molar-refractivity contribution in [3.63, 3.8) is 0 Å². The zero-order valence-corrected chi connectivity index (χ0v) is 38.1. The molecule has 0 unspecified atom stereocenters. The van der Waals surface area contributed by atoms with Crippen LogP contribution in [-0.4, -0.2) is 76.2 Å². The molecule has 8 rings (SSSR count). The van der Waals surface area contributed by atoms with E-state index in [1.165, 1.54) is 30.3 Å². The fourth-order valence-electron chi connectivity index (χ4n) is 5.97. The highest BCUT2D eigenvalue weighted by Crippen LogP contribution is 2.26. The summed E-state index contributed by atoms with van der Waals surface area (Å²) in [6.45, 7) is 3.93. The molecule has 0 saturated heterocycles. The Morgan fingerprint density at radius 2 is 1.06 bits per heavy atom. The van der Waals surface area contributed by atoms with Crippen LogP contribution in [0.1, 0.15) is 31.8 Å². The van der Waals surface area contributed by atoms with Crippen molar-refractivity contribution in [3.8, 4) is 22.5 Å². The molecular formula is C48H44N10O7S2. The molecular weight excluding hydrogens is 893 g/mol. The largest absolute Gasteiger partial charge is 0.478 e. The molecule has 67 heavy (non-hydrogen) atoms. The van der Waals surface area contributed by atoms with Crippen molar-refractivity contribution < 1.29 is 31.5 Å². The minimum atomic E-state index is -3.41. The quantitative estimate of drug-likeness (QED) is 0.0765. The molecule has 8 aromatic rings. The molecule has 4 aromatic heterocycles. The second kappa shape index (κ2) is 21.5. The van der Waals surface area contributed by atoms with Crippen LogP contribution >= 0.6 is 0 Å². The van der Waals surface area contributed by atoms with Gasteiger partial charge in [0.15, 0.2) is 19.7 Å². The van der Waals surface area contributed by atoms with E-state index >= 15 is 0 Å². The van der Waals surface area contributed by atoms with E-state index < -0.39 is 31.6 Å². The molecule has 19 heteroatoms. The zero-order valence-electron chi connectivity index (χ0n) is 36.5. The summed E-state index contributed by atoms with van der Waals surface area (Å²) in [5.74, 6) is -0.607. The monoisotopic (exact) mass is 936 g/mol. The van der Waals surface area contributed by atoms with E-state index in [0.717, 1.165) is 63.6 Å². The molecule has 4 heterocycles. The third-order valence-electron chi connectivity index (χ3n) is 9.51. The summed E-state index contributed by atoms with van der Waals surface area (Å²) in [7, 11) is -6.73. The lowest BCUT2D eigenvalue weighted by Gasteiger charge is -2.12. The number of carboxylic acids is 1. The van der Waals surface area contributed by atoms with Gasteiger partial charge in [0, 0.05) is 89.1 Å². The van der Waals surface area contributed by atoms with Gasteiger partial charge < -0.3 is 26.8 Å². The minimum Gasteiger partial charge on any atom is -0.478 e. The van der Waals surface area contributed by atoms with E-state index in [1.807, 2.05) is 68.4 Å². The van der Waals surface area contributed by atoms with Gasteiger partial charge in [-0.2, -0.15) is 0 Å². The molecule has 0 aliphatic rings. The third-order valence-corrected chi connectivity index (χ3v) is 11.7. The number of hydrogen-bond donors (Lipinski definition) is 5. The van der Waals surface area contributed by atoms with Crippen LogP contribution in [0.3, 0.4) is 0 Å². The lowest BCUT2D eigenvalue weighted by molar-refractivity contribution is 0.0696. The number of nitrogens with one attached hydrogen (secondary N) is 3. The number of amides is 1. The number of anilines is 6. The number of carbonyl (C=O) groups is 2. The molecule has 0 fully saturated rings. The first-order valence-electron chi connectivity index (χ1n) is 20.1. The lowest BCUT2D eigenvalue weighted by atomic mass is 10.1. The van der Waals surface area contributed by atoms with Crippen molar-refractivity contribution in [3.05, 3.63) is 181 Å². The highest BCUT2D eigenvalue weighted by molar-refractivity contribution is 7.91. The lowest BCUT2D eigenvalue weighted by Crippen LogP contribution is -2.13. The highest BCUT2D eigenvalue weighted by atomic mass is 32.2. The molecule has 6 N–H and O–H groups in total. The molecule has 4 aromatic carbocycles. The van der Waals surface area contributed by atoms with Gasteiger partial charge in [0.2, 0.25) is 11.9 Å². The number of aromatic nitrogens is 6. The van der Waals surface area contributed by atoms with Crippen LogP contribution in [0.4, 0.5) is 34.6 Å². The molecule has 0 aliphatic heterocycles. The molecule has 17 nitrogen and oxygen atoms in total. The van der Waals surface area contributed by atoms with Gasteiger partial charge in [0.25, 0.3) is 5.91 Å². The number of hydrogen-bond acceptors (Lipinski definition) is 15. The van der Waals surface area contributed by atoms with Crippen molar-refractivity contribution in [2.24, 2.45) is 0 Å². The number of carboxylic acid groups (broad SMARTS) is 1. The van der Waals surface area contributed by atoms with E-state index in [2.05, 4.69) is 45.9 Å². The molecule has 0 saturated carbocycles. The number of sulfone groups is 2. The number of carbonyl (C=O) groups excluding carboxylic acids is 1. The number of aryl methyl sites for hydroxylation is 2. The van der Waals surface area contributed by atoms with Crippen LogP contribution < -0.4 is 21.7 Å². The summed E-state index contributed by atoms with van der Waals surface area (Å²) in [6, 6.07) is 33.5. The van der Waals surface area contributed by atoms with Gasteiger partial charge in [-0.25, -0.2) is 41.6 Å². The minimum absolute atomic E-state index is 0.0207. The first-order chi connectivity index (χ1) is 31.9. The van der Waals surface area contributed by atoms with Crippen LogP contribution in [0.25, 0.3) is 22.5 Å². The second-order valence-corrected chi connectivity index (χ2v) is 18.8. The fraction of sp³-hybridized carbons (Fsp3) is 0.0833. The Kier molecular flexibility index (Phi) is 15.4. The van der Waals surface area contributed by atoms with E-state index in [0.29, 0.717) is 23.3 Å². The van der Waals surface area contributed by atoms with Crippen LogP contribution in [0.15, 0.2) is 168 Å². The van der Waals surface area contributed by atoms with Crippen molar-refractivity contribution in [2.45, 2.75) is 23.6 Å². The first-order valence-corrected chi connectivity index (χ1v) is 23.8. The number of pyridine rings is 2. The standard InChI is InChI=1S/C24H21N5O3S.C16H15N5.C8H8O4S/c1-16-8-9-19(27-23(30)17-5-3-7-20(13-17)33(2,31)32)14-22(16)29-24-26-12-10-21(28-24)18-6-4-11-25-15-18;1-11-4-5-13(17)9-15(11)21-16-19-8-6-14(20-16)12-3-2-7-18-10-12;1-13(11,12)7-4-2-3-6(5-7)8(9)10/h3-15H,1-2H3,(H,27,30)(H,26,28,29);2-10H,17H2,1H3,(H,19,20,21);2-5H,1H3,(H,9,10). The summed E-state index contributed by atoms with van der Waals surface area (Å²) in [5.41, 5.74) is 14.3. The smallest absolute Gasteiger partial charge is 0.335 e. The molecule has 340 valence electrons. The summed E-state index contributed by atoms with van der Waals surface area (Å²) >= 11 is 0. The van der Waals surface area contributed by atoms with Gasteiger partial charge >= 0.3 is 5.97 Å².